The summed E-state index contributed by atoms with van der Waals surface area (Å²) < 4.78 is 0. The number of non-ortho nitro benzene ring substituents is 1. The van der Waals surface area contributed by atoms with Gasteiger partial charge in [-0.2, -0.15) is 0 Å². The van der Waals surface area contributed by atoms with Crippen molar-refractivity contribution in [3.8, 4) is 0 Å². The summed E-state index contributed by atoms with van der Waals surface area (Å²) in [6.45, 7) is 6.51. The summed E-state index contributed by atoms with van der Waals surface area (Å²) >= 11 is 0. The zero-order valence-corrected chi connectivity index (χ0v) is 19.0. The summed E-state index contributed by atoms with van der Waals surface area (Å²) in [4.78, 5) is 35.3. The summed E-state index contributed by atoms with van der Waals surface area (Å²) in [6.07, 6.45) is 0. The van der Waals surface area contributed by atoms with E-state index in [1.807, 2.05) is 11.9 Å². The standard InChI is InChI=1S/C23H30N6O3/c1-16(2)18-7-5-17(6-8-18)13-24-14-21(30)28(4)12-11-27(3)19-9-10-20(29(31)32)23-22(19)25-15-26-23/h5-10,16,24H,11-15H2,1-4H3. The van der Waals surface area contributed by atoms with Gasteiger partial charge in [0.15, 0.2) is 5.36 Å². The fraction of sp³-hybridized carbons (Fsp3) is 0.435. The Morgan fingerprint density at radius 2 is 1.78 bits per heavy atom. The van der Waals surface area contributed by atoms with Crippen molar-refractivity contribution in [2.75, 3.05) is 45.3 Å². The van der Waals surface area contributed by atoms with Gasteiger partial charge < -0.3 is 15.1 Å². The Kier molecular flexibility index (Phi) is 7.53. The molecule has 0 atom stereocenters. The van der Waals surface area contributed by atoms with Crippen LogP contribution in [0, 0.1) is 10.1 Å². The lowest BCUT2D eigenvalue weighted by molar-refractivity contribution is -0.386. The maximum Gasteiger partial charge on any atom is 0.296 e. The molecular formula is C23H30N6O3. The van der Waals surface area contributed by atoms with Crippen LogP contribution in [0.1, 0.15) is 30.9 Å². The number of benzene rings is 2. The minimum Gasteiger partial charge on any atom is -0.371 e. The van der Waals surface area contributed by atoms with Crippen LogP contribution in [-0.4, -0.2) is 56.1 Å². The van der Waals surface area contributed by atoms with E-state index in [4.69, 9.17) is 0 Å². The Morgan fingerprint density at radius 1 is 1.09 bits per heavy atom. The Morgan fingerprint density at radius 3 is 2.44 bits per heavy atom. The van der Waals surface area contributed by atoms with Crippen LogP contribution in [-0.2, 0) is 11.3 Å². The SMILES string of the molecule is CC(C)c1ccc(CNCC(=O)N(C)CCN(C)c2ccc([N+](=O)[O-])c3c2=NCN=3)cc1. The molecule has 0 radical (unpaired) electrons. The summed E-state index contributed by atoms with van der Waals surface area (Å²) in [5.41, 5.74) is 3.19. The Bertz CT molecular complexity index is 1100. The third-order valence-corrected chi connectivity index (χ3v) is 5.62. The van der Waals surface area contributed by atoms with E-state index < -0.39 is 4.92 Å². The van der Waals surface area contributed by atoms with Crippen LogP contribution in [0.4, 0.5) is 11.4 Å². The van der Waals surface area contributed by atoms with Gasteiger partial charge in [0.05, 0.1) is 17.2 Å². The molecule has 0 aromatic heterocycles. The number of anilines is 1. The average Bonchev–Trinajstić information content (AvgIpc) is 3.26. The Hall–Kier alpha value is -3.33. The number of nitro groups is 1. The maximum absolute atomic E-state index is 12.5. The van der Waals surface area contributed by atoms with Crippen molar-refractivity contribution in [3.05, 3.63) is 68.4 Å². The number of amides is 1. The summed E-state index contributed by atoms with van der Waals surface area (Å²) in [6, 6.07) is 11.6. The second-order valence-electron chi connectivity index (χ2n) is 8.25. The molecule has 0 bridgehead atoms. The normalized spacial score (nSPS) is 12.2. The topological polar surface area (TPSA) is 103 Å². The predicted molar refractivity (Wildman–Crippen MR) is 123 cm³/mol. The summed E-state index contributed by atoms with van der Waals surface area (Å²) in [5.74, 6) is 0.506. The lowest BCUT2D eigenvalue weighted by Gasteiger charge is -2.24. The molecule has 1 aliphatic rings. The smallest absolute Gasteiger partial charge is 0.296 e. The molecular weight excluding hydrogens is 408 g/mol. The molecule has 0 fully saturated rings. The van der Waals surface area contributed by atoms with Crippen molar-refractivity contribution in [2.24, 2.45) is 9.98 Å². The van der Waals surface area contributed by atoms with E-state index in [2.05, 4.69) is 53.4 Å². The molecule has 0 saturated heterocycles. The highest BCUT2D eigenvalue weighted by Gasteiger charge is 2.18. The lowest BCUT2D eigenvalue weighted by Crippen LogP contribution is -2.41. The molecule has 1 amide bonds. The number of fused-ring (bicyclic) bond motifs is 1. The number of nitrogens with zero attached hydrogens (tertiary/aromatic N) is 5. The molecule has 0 spiro atoms. The van der Waals surface area contributed by atoms with Crippen molar-refractivity contribution in [2.45, 2.75) is 26.3 Å². The Balaban J connectivity index is 1.50. The zero-order chi connectivity index (χ0) is 23.3. The van der Waals surface area contributed by atoms with Gasteiger partial charge in [-0.15, -0.1) is 0 Å². The first-order valence-corrected chi connectivity index (χ1v) is 10.7. The number of carbonyl (C=O) groups excluding carboxylic acids is 1. The highest BCUT2D eigenvalue weighted by molar-refractivity contribution is 5.78. The van der Waals surface area contributed by atoms with Gasteiger partial charge in [0.1, 0.15) is 12.0 Å². The van der Waals surface area contributed by atoms with Crippen LogP contribution in [0.2, 0.25) is 0 Å². The molecule has 2 aromatic carbocycles. The first-order chi connectivity index (χ1) is 15.3. The van der Waals surface area contributed by atoms with Crippen molar-refractivity contribution in [1.82, 2.24) is 10.2 Å². The van der Waals surface area contributed by atoms with E-state index in [1.54, 1.807) is 18.0 Å². The average molecular weight is 439 g/mol. The minimum absolute atomic E-state index is 0.00539. The molecule has 9 heteroatoms. The number of nitrogens with one attached hydrogen (secondary N) is 1. The number of carbonyl (C=O) groups is 1. The van der Waals surface area contributed by atoms with Crippen LogP contribution in [0.25, 0.3) is 0 Å². The molecule has 32 heavy (non-hydrogen) atoms. The third-order valence-electron chi connectivity index (χ3n) is 5.62. The molecule has 0 unspecified atom stereocenters. The van der Waals surface area contributed by atoms with Gasteiger partial charge in [0, 0.05) is 39.8 Å². The second kappa shape index (κ2) is 10.3. The molecule has 1 aliphatic heterocycles. The van der Waals surface area contributed by atoms with Crippen molar-refractivity contribution < 1.29 is 9.72 Å². The highest BCUT2D eigenvalue weighted by atomic mass is 16.6. The van der Waals surface area contributed by atoms with Gasteiger partial charge in [-0.1, -0.05) is 38.1 Å². The molecule has 0 saturated carbocycles. The van der Waals surface area contributed by atoms with E-state index in [0.29, 0.717) is 36.3 Å². The number of nitro benzene ring substituents is 1. The van der Waals surface area contributed by atoms with Gasteiger partial charge in [0.25, 0.3) is 5.69 Å². The van der Waals surface area contributed by atoms with Gasteiger partial charge in [-0.3, -0.25) is 24.9 Å². The Labute approximate surface area is 187 Å². The van der Waals surface area contributed by atoms with Crippen LogP contribution in [0.15, 0.2) is 46.4 Å². The highest BCUT2D eigenvalue weighted by Crippen LogP contribution is 2.14. The van der Waals surface area contributed by atoms with Crippen LogP contribution in [0.5, 0.6) is 0 Å². The predicted octanol–water partition coefficient (Wildman–Crippen LogP) is 1.61. The number of hydrogen-bond donors (Lipinski definition) is 1. The van der Waals surface area contributed by atoms with E-state index in [-0.39, 0.29) is 24.8 Å². The molecule has 0 aliphatic carbocycles. The van der Waals surface area contributed by atoms with Gasteiger partial charge in [0.2, 0.25) is 5.91 Å². The fourth-order valence-electron chi connectivity index (χ4n) is 3.52. The van der Waals surface area contributed by atoms with E-state index in [0.717, 1.165) is 11.3 Å². The minimum atomic E-state index is -0.439. The van der Waals surface area contributed by atoms with E-state index >= 15 is 0 Å². The summed E-state index contributed by atoms with van der Waals surface area (Å²) in [7, 11) is 3.65. The van der Waals surface area contributed by atoms with Crippen molar-refractivity contribution in [1.29, 1.82) is 0 Å². The monoisotopic (exact) mass is 438 g/mol. The molecule has 1 N–H and O–H groups in total. The van der Waals surface area contributed by atoms with Gasteiger partial charge in [-0.05, 0) is 23.1 Å². The van der Waals surface area contributed by atoms with E-state index in [1.165, 1.54) is 11.6 Å². The molecule has 2 aromatic rings. The fourth-order valence-corrected chi connectivity index (χ4v) is 3.52. The van der Waals surface area contributed by atoms with Crippen molar-refractivity contribution in [3.63, 3.8) is 0 Å². The maximum atomic E-state index is 12.5. The molecule has 170 valence electrons. The molecule has 9 nitrogen and oxygen atoms in total. The van der Waals surface area contributed by atoms with Crippen molar-refractivity contribution >= 4 is 17.3 Å². The number of hydrogen-bond acceptors (Lipinski definition) is 7. The zero-order valence-electron chi connectivity index (χ0n) is 19.0. The van der Waals surface area contributed by atoms with Crippen LogP contribution < -0.4 is 20.9 Å². The first-order valence-electron chi connectivity index (χ1n) is 10.7. The molecule has 1 heterocycles. The van der Waals surface area contributed by atoms with E-state index in [9.17, 15) is 14.9 Å². The lowest BCUT2D eigenvalue weighted by atomic mass is 10.0. The number of rotatable bonds is 10. The van der Waals surface area contributed by atoms with Gasteiger partial charge >= 0.3 is 0 Å². The molecule has 3 rings (SSSR count). The van der Waals surface area contributed by atoms with Crippen LogP contribution in [0.3, 0.4) is 0 Å². The second-order valence-corrected chi connectivity index (χ2v) is 8.25. The van der Waals surface area contributed by atoms with Crippen LogP contribution >= 0.6 is 0 Å². The quantitative estimate of drug-likeness (QED) is 0.448. The first kappa shape index (κ1) is 23.3. The largest absolute Gasteiger partial charge is 0.371 e. The van der Waals surface area contributed by atoms with Gasteiger partial charge in [-0.25, -0.2) is 0 Å². The third kappa shape index (κ3) is 5.47. The summed E-state index contributed by atoms with van der Waals surface area (Å²) in [5, 5.41) is 15.3. The number of likely N-dealkylation sites (N-methyl/N-ethyl adjacent to an activating group) is 2.